The van der Waals surface area contributed by atoms with Crippen molar-refractivity contribution in [3.63, 3.8) is 0 Å². The van der Waals surface area contributed by atoms with Crippen molar-refractivity contribution >= 4 is 5.91 Å². The molecule has 0 aromatic heterocycles. The van der Waals surface area contributed by atoms with Crippen LogP contribution in [0, 0.1) is 0 Å². The number of aliphatic hydroxyl groups excluding tert-OH is 1. The molecule has 0 fully saturated rings. The minimum atomic E-state index is -2.67. The number of alkyl halides is 2. The lowest BCUT2D eigenvalue weighted by molar-refractivity contribution is 0.0508. The third-order valence-electron chi connectivity index (χ3n) is 2.61. The predicted octanol–water partition coefficient (Wildman–Crippen LogP) is 1.40. The third-order valence-corrected chi connectivity index (χ3v) is 2.61. The summed E-state index contributed by atoms with van der Waals surface area (Å²) in [7, 11) is 2.85. The maximum atomic E-state index is 12.5. The van der Waals surface area contributed by atoms with Crippen LogP contribution in [0.1, 0.15) is 10.4 Å². The van der Waals surface area contributed by atoms with Crippen molar-refractivity contribution in [3.8, 4) is 11.5 Å². The van der Waals surface area contributed by atoms with E-state index in [2.05, 4.69) is 0 Å². The number of benzene rings is 1. The Hall–Kier alpha value is -1.89. The second-order valence-corrected chi connectivity index (χ2v) is 3.97. The van der Waals surface area contributed by atoms with E-state index in [1.807, 2.05) is 0 Å². The molecule has 1 amide bonds. The van der Waals surface area contributed by atoms with Crippen LogP contribution in [-0.4, -0.2) is 56.3 Å². The number of hydrogen-bond donors (Lipinski definition) is 1. The van der Waals surface area contributed by atoms with Crippen LogP contribution in [0.4, 0.5) is 8.78 Å². The molecule has 1 rings (SSSR count). The quantitative estimate of drug-likeness (QED) is 0.824. The highest BCUT2D eigenvalue weighted by Crippen LogP contribution is 2.23. The van der Waals surface area contributed by atoms with Crippen LogP contribution in [0.15, 0.2) is 18.2 Å². The summed E-state index contributed by atoms with van der Waals surface area (Å²) in [6.45, 7) is -1.29. The van der Waals surface area contributed by atoms with Crippen molar-refractivity contribution in [3.05, 3.63) is 23.8 Å². The molecule has 5 nitrogen and oxygen atoms in total. The predicted molar refractivity (Wildman–Crippen MR) is 68.5 cm³/mol. The molecule has 0 bridgehead atoms. The van der Waals surface area contributed by atoms with Crippen LogP contribution < -0.4 is 9.47 Å². The number of nitrogens with zero attached hydrogens (tertiary/aromatic N) is 1. The Morgan fingerprint density at radius 3 is 2.20 bits per heavy atom. The van der Waals surface area contributed by atoms with E-state index in [4.69, 9.17) is 14.6 Å². The van der Waals surface area contributed by atoms with Gasteiger partial charge in [-0.3, -0.25) is 4.79 Å². The van der Waals surface area contributed by atoms with Crippen molar-refractivity contribution in [1.82, 2.24) is 4.90 Å². The number of carbonyl (C=O) groups is 1. The lowest BCUT2D eigenvalue weighted by Gasteiger charge is -2.21. The number of rotatable bonds is 7. The van der Waals surface area contributed by atoms with E-state index in [0.717, 1.165) is 4.90 Å². The van der Waals surface area contributed by atoms with E-state index in [1.165, 1.54) is 26.4 Å². The Morgan fingerprint density at radius 2 is 1.80 bits per heavy atom. The van der Waals surface area contributed by atoms with E-state index in [1.54, 1.807) is 6.07 Å². The summed E-state index contributed by atoms with van der Waals surface area (Å²) in [6, 6.07) is 4.43. The second kappa shape index (κ2) is 7.64. The van der Waals surface area contributed by atoms with Gasteiger partial charge >= 0.3 is 0 Å². The molecule has 20 heavy (non-hydrogen) atoms. The molecule has 0 heterocycles. The Morgan fingerprint density at radius 1 is 1.25 bits per heavy atom. The molecule has 0 saturated carbocycles. The highest BCUT2D eigenvalue weighted by atomic mass is 19.3. The van der Waals surface area contributed by atoms with Crippen LogP contribution in [0.5, 0.6) is 11.5 Å². The molecule has 0 radical (unpaired) electrons. The summed E-state index contributed by atoms with van der Waals surface area (Å²) in [5.41, 5.74) is 0.162. The van der Waals surface area contributed by atoms with Crippen LogP contribution in [0.25, 0.3) is 0 Å². The van der Waals surface area contributed by atoms with Gasteiger partial charge in [-0.25, -0.2) is 8.78 Å². The fraction of sp³-hybridized carbons (Fsp3) is 0.462. The molecule has 0 aliphatic heterocycles. The summed E-state index contributed by atoms with van der Waals surface area (Å²) in [5.74, 6) is 0.152. The third kappa shape index (κ3) is 4.34. The fourth-order valence-electron chi connectivity index (χ4n) is 1.68. The number of carbonyl (C=O) groups excluding carboxylic acids is 1. The zero-order valence-electron chi connectivity index (χ0n) is 11.3. The highest BCUT2D eigenvalue weighted by molar-refractivity contribution is 5.95. The first-order chi connectivity index (χ1) is 9.51. The monoisotopic (exact) mass is 289 g/mol. The summed E-state index contributed by atoms with van der Waals surface area (Å²) in [4.78, 5) is 13.1. The van der Waals surface area contributed by atoms with Gasteiger partial charge in [0.25, 0.3) is 12.3 Å². The largest absolute Gasteiger partial charge is 0.497 e. The lowest BCUT2D eigenvalue weighted by atomic mass is 10.1. The van der Waals surface area contributed by atoms with E-state index in [0.29, 0.717) is 11.5 Å². The number of hydrogen-bond acceptors (Lipinski definition) is 4. The van der Waals surface area contributed by atoms with Gasteiger partial charge in [-0.05, 0) is 12.1 Å². The maximum Gasteiger partial charge on any atom is 0.255 e. The minimum Gasteiger partial charge on any atom is -0.497 e. The topological polar surface area (TPSA) is 59.0 Å². The van der Waals surface area contributed by atoms with E-state index >= 15 is 0 Å². The number of methoxy groups -OCH3 is 2. The van der Waals surface area contributed by atoms with Gasteiger partial charge in [0.1, 0.15) is 11.5 Å². The fourth-order valence-corrected chi connectivity index (χ4v) is 1.68. The normalized spacial score (nSPS) is 10.5. The maximum absolute atomic E-state index is 12.5. The van der Waals surface area contributed by atoms with Gasteiger partial charge in [-0.1, -0.05) is 0 Å². The van der Waals surface area contributed by atoms with Crippen molar-refractivity contribution < 1.29 is 28.2 Å². The molecule has 0 aliphatic carbocycles. The SMILES string of the molecule is COc1cc(OC)cc(C(=O)N(CCO)CC(F)F)c1. The zero-order chi connectivity index (χ0) is 15.1. The molecule has 1 aromatic carbocycles. The minimum absolute atomic E-state index is 0.162. The van der Waals surface area contributed by atoms with Crippen molar-refractivity contribution in [2.45, 2.75) is 6.43 Å². The van der Waals surface area contributed by atoms with Gasteiger partial charge in [0.05, 0.1) is 27.4 Å². The van der Waals surface area contributed by atoms with Gasteiger partial charge in [-0.15, -0.1) is 0 Å². The molecule has 0 atom stereocenters. The molecule has 0 aliphatic rings. The molecular weight excluding hydrogens is 272 g/mol. The summed E-state index contributed by atoms with van der Waals surface area (Å²) < 4.78 is 34.9. The van der Waals surface area contributed by atoms with Gasteiger partial charge < -0.3 is 19.5 Å². The Bertz CT molecular complexity index is 432. The van der Waals surface area contributed by atoms with Crippen LogP contribution >= 0.6 is 0 Å². The first kappa shape index (κ1) is 16.2. The molecule has 1 N–H and O–H groups in total. The second-order valence-electron chi connectivity index (χ2n) is 3.97. The van der Waals surface area contributed by atoms with Gasteiger partial charge in [-0.2, -0.15) is 0 Å². The lowest BCUT2D eigenvalue weighted by Crippen LogP contribution is -2.37. The Balaban J connectivity index is 3.03. The molecule has 1 aromatic rings. The Labute approximate surface area is 115 Å². The van der Waals surface area contributed by atoms with Crippen molar-refractivity contribution in [2.24, 2.45) is 0 Å². The Kier molecular flexibility index (Phi) is 6.17. The summed E-state index contributed by atoms with van der Waals surface area (Å²) in [6.07, 6.45) is -2.67. The van der Waals surface area contributed by atoms with Crippen LogP contribution in [0.3, 0.4) is 0 Å². The van der Waals surface area contributed by atoms with Crippen LogP contribution in [0.2, 0.25) is 0 Å². The van der Waals surface area contributed by atoms with E-state index in [-0.39, 0.29) is 18.7 Å². The summed E-state index contributed by atoms with van der Waals surface area (Å²) in [5, 5.41) is 8.86. The average Bonchev–Trinajstić information content (AvgIpc) is 2.44. The van der Waals surface area contributed by atoms with Gasteiger partial charge in [0.2, 0.25) is 0 Å². The number of amides is 1. The average molecular weight is 289 g/mol. The number of halogens is 2. The van der Waals surface area contributed by atoms with Crippen molar-refractivity contribution in [2.75, 3.05) is 33.9 Å². The molecule has 0 unspecified atom stereocenters. The smallest absolute Gasteiger partial charge is 0.255 e. The highest BCUT2D eigenvalue weighted by Gasteiger charge is 2.20. The number of aliphatic hydroxyl groups is 1. The van der Waals surface area contributed by atoms with Gasteiger partial charge in [0, 0.05) is 18.2 Å². The van der Waals surface area contributed by atoms with Crippen LogP contribution in [-0.2, 0) is 0 Å². The molecular formula is C13H17F2NO4. The number of ether oxygens (including phenoxy) is 2. The van der Waals surface area contributed by atoms with Crippen molar-refractivity contribution in [1.29, 1.82) is 0 Å². The molecule has 0 saturated heterocycles. The molecule has 0 spiro atoms. The first-order valence-electron chi connectivity index (χ1n) is 5.93. The van der Waals surface area contributed by atoms with Gasteiger partial charge in [0.15, 0.2) is 0 Å². The molecule has 112 valence electrons. The van der Waals surface area contributed by atoms with E-state index in [9.17, 15) is 13.6 Å². The first-order valence-corrected chi connectivity index (χ1v) is 5.93. The summed E-state index contributed by atoms with van der Waals surface area (Å²) >= 11 is 0. The molecule has 7 heteroatoms. The van der Waals surface area contributed by atoms with E-state index < -0.39 is 18.9 Å². The zero-order valence-corrected chi connectivity index (χ0v) is 11.3. The standard InChI is InChI=1S/C13H17F2NO4/c1-19-10-5-9(6-11(7-10)20-2)13(18)16(3-4-17)8-12(14)15/h5-7,12,17H,3-4,8H2,1-2H3.